The Kier molecular flexibility index (Phi) is 8.61. The molecule has 12 nitrogen and oxygen atoms in total. The van der Waals surface area contributed by atoms with E-state index in [0.29, 0.717) is 11.1 Å². The first-order valence-electron chi connectivity index (χ1n) is 11.2. The van der Waals surface area contributed by atoms with Crippen molar-refractivity contribution in [3.63, 3.8) is 0 Å². The Bertz CT molecular complexity index is 1180. The van der Waals surface area contributed by atoms with Gasteiger partial charge in [0.15, 0.2) is 28.6 Å². The quantitative estimate of drug-likeness (QED) is 0.129. The second kappa shape index (κ2) is 11.7. The number of ether oxygens (including phenoxy) is 3. The van der Waals surface area contributed by atoms with Crippen LogP contribution in [0.25, 0.3) is 12.2 Å². The van der Waals surface area contributed by atoms with Gasteiger partial charge in [-0.05, 0) is 47.5 Å². The molecule has 0 amide bonds. The van der Waals surface area contributed by atoms with E-state index in [1.54, 1.807) is 0 Å². The number of hydrogen-bond donors (Lipinski definition) is 6. The summed E-state index contributed by atoms with van der Waals surface area (Å²) in [6, 6.07) is 7.61. The van der Waals surface area contributed by atoms with E-state index in [2.05, 4.69) is 4.74 Å². The maximum absolute atomic E-state index is 12.4. The average molecular weight is 530 g/mol. The molecule has 12 heteroatoms. The number of methoxy groups -OCH3 is 1. The van der Waals surface area contributed by atoms with E-state index in [1.807, 2.05) is 0 Å². The average Bonchev–Trinajstić information content (AvgIpc) is 2.87. The predicted molar refractivity (Wildman–Crippen MR) is 130 cm³/mol. The van der Waals surface area contributed by atoms with Crippen molar-refractivity contribution < 1.29 is 59.2 Å². The van der Waals surface area contributed by atoms with Gasteiger partial charge in [-0.2, -0.15) is 0 Å². The molecule has 2 aromatic carbocycles. The summed E-state index contributed by atoms with van der Waals surface area (Å²) in [5.74, 6) is -4.57. The van der Waals surface area contributed by atoms with Crippen LogP contribution in [0.4, 0.5) is 0 Å². The molecule has 0 aromatic heterocycles. The van der Waals surface area contributed by atoms with Crippen LogP contribution in [0.3, 0.4) is 0 Å². The zero-order valence-corrected chi connectivity index (χ0v) is 20.1. The highest BCUT2D eigenvalue weighted by atomic mass is 16.6. The normalized spacial score (nSPS) is 23.3. The number of aliphatic hydroxyl groups excluding tert-OH is 1. The number of benzene rings is 2. The lowest BCUT2D eigenvalue weighted by molar-refractivity contribution is -0.204. The van der Waals surface area contributed by atoms with Crippen LogP contribution in [0.15, 0.2) is 48.6 Å². The molecule has 0 bridgehead atoms. The Morgan fingerprint density at radius 3 is 1.58 bits per heavy atom. The second-order valence-corrected chi connectivity index (χ2v) is 8.54. The minimum atomic E-state index is -2.25. The third-order valence-corrected chi connectivity index (χ3v) is 5.76. The standard InChI is InChI=1S/C26H26O12/c1-36-25(34)26(35)12-20(37-22(31)8-4-14-2-6-16(27)18(29)10-14)24(33)21(13-26)38-23(32)9-5-15-3-7-17(28)19(30)11-15/h2-11,20-21,24,27-30,33,35H,12-13H2,1H3/b8-4+,9-5+/t20-,21-,24?,26?/m0/s1. The molecule has 6 N–H and O–H groups in total. The summed E-state index contributed by atoms with van der Waals surface area (Å²) >= 11 is 0. The number of phenolic OH excluding ortho intramolecular Hbond substituents is 4. The fourth-order valence-electron chi connectivity index (χ4n) is 3.80. The van der Waals surface area contributed by atoms with Crippen molar-refractivity contribution in [3.8, 4) is 23.0 Å². The van der Waals surface area contributed by atoms with Gasteiger partial charge in [-0.1, -0.05) is 12.1 Å². The largest absolute Gasteiger partial charge is 0.504 e. The minimum absolute atomic E-state index is 0.341. The summed E-state index contributed by atoms with van der Waals surface area (Å²) < 4.78 is 15.1. The maximum Gasteiger partial charge on any atom is 0.338 e. The third kappa shape index (κ3) is 6.81. The molecule has 0 aliphatic heterocycles. The number of rotatable bonds is 7. The summed E-state index contributed by atoms with van der Waals surface area (Å²) in [5, 5.41) is 59.4. The van der Waals surface area contributed by atoms with Gasteiger partial charge in [0.1, 0.15) is 18.3 Å². The lowest BCUT2D eigenvalue weighted by Crippen LogP contribution is -2.58. The Labute approximate surface area is 216 Å². The number of phenols is 4. The first-order valence-corrected chi connectivity index (χ1v) is 11.2. The van der Waals surface area contributed by atoms with E-state index >= 15 is 0 Å². The molecule has 202 valence electrons. The summed E-state index contributed by atoms with van der Waals surface area (Å²) in [5.41, 5.74) is -1.57. The monoisotopic (exact) mass is 530 g/mol. The number of carbonyl (C=O) groups is 3. The van der Waals surface area contributed by atoms with Crippen LogP contribution in [0, 0.1) is 0 Å². The second-order valence-electron chi connectivity index (χ2n) is 8.54. The third-order valence-electron chi connectivity index (χ3n) is 5.76. The van der Waals surface area contributed by atoms with E-state index < -0.39 is 66.2 Å². The van der Waals surface area contributed by atoms with E-state index in [9.17, 15) is 45.0 Å². The molecule has 1 aliphatic rings. The number of esters is 3. The van der Waals surface area contributed by atoms with E-state index in [1.165, 1.54) is 48.6 Å². The summed E-state index contributed by atoms with van der Waals surface area (Å²) in [4.78, 5) is 37.0. The van der Waals surface area contributed by atoms with Gasteiger partial charge in [-0.3, -0.25) is 0 Å². The highest BCUT2D eigenvalue weighted by Crippen LogP contribution is 2.34. The van der Waals surface area contributed by atoms with Crippen LogP contribution >= 0.6 is 0 Å². The molecule has 1 aliphatic carbocycles. The van der Waals surface area contributed by atoms with Crippen LogP contribution in [-0.2, 0) is 28.6 Å². The Balaban J connectivity index is 1.73. The molecular weight excluding hydrogens is 504 g/mol. The van der Waals surface area contributed by atoms with Crippen molar-refractivity contribution in [3.05, 3.63) is 59.7 Å². The molecule has 2 atom stereocenters. The van der Waals surface area contributed by atoms with E-state index in [0.717, 1.165) is 19.3 Å². The smallest absolute Gasteiger partial charge is 0.338 e. The zero-order valence-electron chi connectivity index (χ0n) is 20.1. The molecule has 0 heterocycles. The van der Waals surface area contributed by atoms with Crippen molar-refractivity contribution in [1.29, 1.82) is 0 Å². The molecule has 1 saturated carbocycles. The van der Waals surface area contributed by atoms with E-state index in [4.69, 9.17) is 9.47 Å². The van der Waals surface area contributed by atoms with Crippen molar-refractivity contribution in [2.24, 2.45) is 0 Å². The first-order chi connectivity index (χ1) is 17.9. The van der Waals surface area contributed by atoms with Crippen molar-refractivity contribution in [1.82, 2.24) is 0 Å². The van der Waals surface area contributed by atoms with Gasteiger partial charge >= 0.3 is 17.9 Å². The fraction of sp³-hybridized carbons (Fsp3) is 0.269. The van der Waals surface area contributed by atoms with Crippen LogP contribution in [0.5, 0.6) is 23.0 Å². The topological polar surface area (TPSA) is 200 Å². The molecule has 0 spiro atoms. The van der Waals surface area contributed by atoms with Crippen molar-refractivity contribution >= 4 is 30.1 Å². The van der Waals surface area contributed by atoms with Gasteiger partial charge in [0, 0.05) is 25.0 Å². The molecule has 0 radical (unpaired) electrons. The van der Waals surface area contributed by atoms with Gasteiger partial charge in [0.2, 0.25) is 0 Å². The summed E-state index contributed by atoms with van der Waals surface area (Å²) in [7, 11) is 1.03. The van der Waals surface area contributed by atoms with Crippen LogP contribution < -0.4 is 0 Å². The van der Waals surface area contributed by atoms with Crippen molar-refractivity contribution in [2.75, 3.05) is 7.11 Å². The minimum Gasteiger partial charge on any atom is -0.504 e. The maximum atomic E-state index is 12.4. The van der Waals surface area contributed by atoms with E-state index in [-0.39, 0.29) is 11.5 Å². The summed E-state index contributed by atoms with van der Waals surface area (Å²) in [6.07, 6.45) is -1.23. The van der Waals surface area contributed by atoms with Crippen molar-refractivity contribution in [2.45, 2.75) is 36.8 Å². The number of aromatic hydroxyl groups is 4. The lowest BCUT2D eigenvalue weighted by atomic mass is 9.79. The number of aliphatic hydroxyl groups is 2. The van der Waals surface area contributed by atoms with Gasteiger partial charge in [0.05, 0.1) is 7.11 Å². The number of carbonyl (C=O) groups excluding carboxylic acids is 3. The molecule has 38 heavy (non-hydrogen) atoms. The van der Waals surface area contributed by atoms with Gasteiger partial charge in [0.25, 0.3) is 0 Å². The number of hydrogen-bond acceptors (Lipinski definition) is 12. The van der Waals surface area contributed by atoms with Gasteiger partial charge in [-0.25, -0.2) is 14.4 Å². The molecule has 0 unspecified atom stereocenters. The Morgan fingerprint density at radius 2 is 1.21 bits per heavy atom. The van der Waals surface area contributed by atoms with Gasteiger partial charge < -0.3 is 44.8 Å². The fourth-order valence-corrected chi connectivity index (χ4v) is 3.80. The Hall–Kier alpha value is -4.55. The summed E-state index contributed by atoms with van der Waals surface area (Å²) in [6.45, 7) is 0. The predicted octanol–water partition coefficient (Wildman–Crippen LogP) is 1.12. The Morgan fingerprint density at radius 1 is 0.789 bits per heavy atom. The SMILES string of the molecule is COC(=O)C1(O)C[C@H](OC(=O)/C=C/c2ccc(O)c(O)c2)C(O)[C@@H](OC(=O)/C=C/c2ccc(O)c(O)c2)C1. The van der Waals surface area contributed by atoms with Crippen LogP contribution in [0.1, 0.15) is 24.0 Å². The van der Waals surface area contributed by atoms with Crippen LogP contribution in [0.2, 0.25) is 0 Å². The lowest BCUT2D eigenvalue weighted by Gasteiger charge is -2.41. The molecular formula is C26H26O12. The molecule has 2 aromatic rings. The molecule has 0 saturated heterocycles. The first kappa shape index (κ1) is 28.0. The zero-order chi connectivity index (χ0) is 28.0. The van der Waals surface area contributed by atoms with Crippen LogP contribution in [-0.4, -0.2) is 79.6 Å². The highest BCUT2D eigenvalue weighted by Gasteiger charge is 2.52. The highest BCUT2D eigenvalue weighted by molar-refractivity contribution is 5.88. The van der Waals surface area contributed by atoms with Gasteiger partial charge in [-0.15, -0.1) is 0 Å². The molecule has 3 rings (SSSR count). The molecule has 1 fully saturated rings.